The maximum atomic E-state index is 11.1. The second kappa shape index (κ2) is 3.15. The minimum absolute atomic E-state index is 0.167. The molecule has 0 spiro atoms. The molecule has 1 rings (SSSR count). The van der Waals surface area contributed by atoms with E-state index in [-0.39, 0.29) is 10.6 Å². The average Bonchev–Trinajstić information content (AvgIpc) is 2.03. The zero-order valence-electron chi connectivity index (χ0n) is 6.65. The summed E-state index contributed by atoms with van der Waals surface area (Å²) in [7, 11) is -0.0449. The van der Waals surface area contributed by atoms with Gasteiger partial charge >= 0.3 is 0 Å². The zero-order chi connectivity index (χ0) is 9.19. The van der Waals surface area contributed by atoms with Crippen molar-refractivity contribution in [2.75, 3.05) is 6.26 Å². The van der Waals surface area contributed by atoms with Gasteiger partial charge in [-0.1, -0.05) is 12.1 Å². The summed E-state index contributed by atoms with van der Waals surface area (Å²) in [6.07, 6.45) is 1.13. The van der Waals surface area contributed by atoms with Gasteiger partial charge in [0.25, 0.3) is 0 Å². The number of rotatable bonds is 2. The van der Waals surface area contributed by atoms with Gasteiger partial charge in [-0.2, -0.15) is 0 Å². The van der Waals surface area contributed by atoms with Gasteiger partial charge < -0.3 is 4.74 Å². The highest BCUT2D eigenvalue weighted by atomic mass is 32.2. The first kappa shape index (κ1) is 9.06. The van der Waals surface area contributed by atoms with Gasteiger partial charge in [0.05, 0.1) is 0 Å². The fourth-order valence-electron chi connectivity index (χ4n) is 0.876. The Labute approximate surface area is 71.9 Å². The fourth-order valence-corrected chi connectivity index (χ4v) is 1.69. The summed E-state index contributed by atoms with van der Waals surface area (Å²) < 4.78 is 26.9. The summed E-state index contributed by atoms with van der Waals surface area (Å²) in [5.74, 6) is 0.278. The summed E-state index contributed by atoms with van der Waals surface area (Å²) >= 11 is 0. The first-order chi connectivity index (χ1) is 5.55. The van der Waals surface area contributed by atoms with Crippen molar-refractivity contribution < 1.29 is 13.2 Å². The van der Waals surface area contributed by atoms with Crippen LogP contribution in [0.5, 0.6) is 5.75 Å². The maximum absolute atomic E-state index is 11.1. The summed E-state index contributed by atoms with van der Waals surface area (Å²) in [6, 6.07) is 6.37. The Morgan fingerprint density at radius 1 is 1.33 bits per heavy atom. The molecule has 1 radical (unpaired) electrons. The van der Waals surface area contributed by atoms with E-state index in [1.165, 1.54) is 6.07 Å². The second-order valence-corrected chi connectivity index (χ2v) is 4.35. The van der Waals surface area contributed by atoms with E-state index >= 15 is 0 Å². The molecule has 0 atom stereocenters. The van der Waals surface area contributed by atoms with Crippen molar-refractivity contribution in [1.29, 1.82) is 0 Å². The van der Waals surface area contributed by atoms with Crippen molar-refractivity contribution in [2.45, 2.75) is 4.90 Å². The molecule has 0 aliphatic rings. The largest absolute Gasteiger partial charge is 0.489 e. The lowest BCUT2D eigenvalue weighted by Crippen LogP contribution is -1.99. The van der Waals surface area contributed by atoms with Crippen LogP contribution in [0.1, 0.15) is 0 Å². The average molecular weight is 185 g/mol. The van der Waals surface area contributed by atoms with Crippen molar-refractivity contribution in [2.24, 2.45) is 0 Å². The standard InChI is InChI=1S/C8H9O3S/c1-11-7-5-3-4-6-8(7)12(2,9)10/h3-6H,1H2,2H3. The Kier molecular flexibility index (Phi) is 2.38. The van der Waals surface area contributed by atoms with Crippen LogP contribution < -0.4 is 4.74 Å². The van der Waals surface area contributed by atoms with Crippen LogP contribution in [0.3, 0.4) is 0 Å². The second-order valence-electron chi connectivity index (χ2n) is 2.36. The Morgan fingerprint density at radius 3 is 2.33 bits per heavy atom. The summed E-state index contributed by atoms with van der Waals surface area (Å²) in [5.41, 5.74) is 0. The Morgan fingerprint density at radius 2 is 1.92 bits per heavy atom. The van der Waals surface area contributed by atoms with Crippen LogP contribution in [0.2, 0.25) is 0 Å². The molecule has 0 aromatic heterocycles. The highest BCUT2D eigenvalue weighted by Gasteiger charge is 2.11. The molecule has 12 heavy (non-hydrogen) atoms. The molecule has 0 saturated carbocycles. The third-order valence-electron chi connectivity index (χ3n) is 1.40. The highest BCUT2D eigenvalue weighted by molar-refractivity contribution is 7.90. The first-order valence-electron chi connectivity index (χ1n) is 3.27. The van der Waals surface area contributed by atoms with Crippen LogP contribution in [0.4, 0.5) is 0 Å². The number of hydrogen-bond acceptors (Lipinski definition) is 3. The monoisotopic (exact) mass is 185 g/mol. The third-order valence-corrected chi connectivity index (χ3v) is 2.54. The molecular weight excluding hydrogens is 176 g/mol. The van der Waals surface area contributed by atoms with Gasteiger partial charge in [-0.3, -0.25) is 0 Å². The molecule has 0 N–H and O–H groups in total. The number of hydrogen-bond donors (Lipinski definition) is 0. The lowest BCUT2D eigenvalue weighted by Gasteiger charge is -2.04. The Hall–Kier alpha value is -1.03. The van der Waals surface area contributed by atoms with Gasteiger partial charge in [0, 0.05) is 6.26 Å². The van der Waals surface area contributed by atoms with Gasteiger partial charge in [0.1, 0.15) is 17.8 Å². The van der Waals surface area contributed by atoms with Crippen LogP contribution in [0.15, 0.2) is 29.2 Å². The summed E-state index contributed by atoms with van der Waals surface area (Å²) in [6.45, 7) is 0. The van der Waals surface area contributed by atoms with Gasteiger partial charge in [-0.25, -0.2) is 8.42 Å². The quantitative estimate of drug-likeness (QED) is 0.696. The van der Waals surface area contributed by atoms with Crippen LogP contribution >= 0.6 is 0 Å². The molecule has 0 saturated heterocycles. The van der Waals surface area contributed by atoms with E-state index in [4.69, 9.17) is 0 Å². The van der Waals surface area contributed by atoms with Crippen LogP contribution in [-0.4, -0.2) is 14.7 Å². The SMILES string of the molecule is [CH2]Oc1ccccc1S(C)(=O)=O. The Balaban J connectivity index is 3.33. The number of ether oxygens (including phenoxy) is 1. The predicted octanol–water partition coefficient (Wildman–Crippen LogP) is 1.26. The van der Waals surface area contributed by atoms with E-state index in [0.29, 0.717) is 0 Å². The zero-order valence-corrected chi connectivity index (χ0v) is 7.47. The van der Waals surface area contributed by atoms with E-state index in [1.807, 2.05) is 0 Å². The smallest absolute Gasteiger partial charge is 0.179 e. The lowest BCUT2D eigenvalue weighted by molar-refractivity contribution is 0.458. The van der Waals surface area contributed by atoms with Gasteiger partial charge in [-0.05, 0) is 12.1 Å². The molecule has 0 fully saturated rings. The third kappa shape index (κ3) is 1.76. The molecule has 1 aromatic carbocycles. The van der Waals surface area contributed by atoms with Crippen molar-refractivity contribution in [3.8, 4) is 5.75 Å². The first-order valence-corrected chi connectivity index (χ1v) is 5.16. The number of benzene rings is 1. The van der Waals surface area contributed by atoms with Crippen molar-refractivity contribution in [3.63, 3.8) is 0 Å². The van der Waals surface area contributed by atoms with E-state index in [9.17, 15) is 8.42 Å². The molecule has 65 valence electrons. The number of sulfone groups is 1. The van der Waals surface area contributed by atoms with Crippen molar-refractivity contribution in [1.82, 2.24) is 0 Å². The summed E-state index contributed by atoms with van der Waals surface area (Å²) in [4.78, 5) is 0.167. The van der Waals surface area contributed by atoms with E-state index in [1.54, 1.807) is 18.2 Å². The lowest BCUT2D eigenvalue weighted by atomic mass is 10.3. The molecule has 3 nitrogen and oxygen atoms in total. The molecule has 1 aromatic rings. The molecule has 0 aliphatic carbocycles. The minimum Gasteiger partial charge on any atom is -0.489 e. The van der Waals surface area contributed by atoms with Crippen LogP contribution in [-0.2, 0) is 9.84 Å². The number of para-hydroxylation sites is 1. The summed E-state index contributed by atoms with van der Waals surface area (Å²) in [5, 5.41) is 0. The van der Waals surface area contributed by atoms with E-state index in [0.717, 1.165) is 6.26 Å². The Bertz CT molecular complexity index is 368. The molecule has 0 unspecified atom stereocenters. The topological polar surface area (TPSA) is 43.4 Å². The van der Waals surface area contributed by atoms with Crippen LogP contribution in [0.25, 0.3) is 0 Å². The van der Waals surface area contributed by atoms with E-state index < -0.39 is 9.84 Å². The molecule has 0 aliphatic heterocycles. The maximum Gasteiger partial charge on any atom is 0.179 e. The van der Waals surface area contributed by atoms with E-state index in [2.05, 4.69) is 11.8 Å². The van der Waals surface area contributed by atoms with Crippen molar-refractivity contribution >= 4 is 9.84 Å². The van der Waals surface area contributed by atoms with Crippen LogP contribution in [0, 0.1) is 7.11 Å². The fraction of sp³-hybridized carbons (Fsp3) is 0.125. The molecule has 0 bridgehead atoms. The minimum atomic E-state index is -3.21. The normalized spacial score (nSPS) is 11.2. The molecular formula is C8H9O3S. The highest BCUT2D eigenvalue weighted by Crippen LogP contribution is 2.22. The van der Waals surface area contributed by atoms with Crippen molar-refractivity contribution in [3.05, 3.63) is 31.4 Å². The predicted molar refractivity (Wildman–Crippen MR) is 45.5 cm³/mol. The molecule has 0 heterocycles. The van der Waals surface area contributed by atoms with Gasteiger partial charge in [-0.15, -0.1) is 0 Å². The van der Waals surface area contributed by atoms with Gasteiger partial charge in [0.2, 0.25) is 0 Å². The molecule has 0 amide bonds. The van der Waals surface area contributed by atoms with Gasteiger partial charge in [0.15, 0.2) is 9.84 Å². The molecule has 4 heteroatoms.